The number of fused-ring (bicyclic) bond motifs is 1. The van der Waals surface area contributed by atoms with Gasteiger partial charge < -0.3 is 18.9 Å². The van der Waals surface area contributed by atoms with Crippen LogP contribution in [-0.2, 0) is 22.4 Å². The van der Waals surface area contributed by atoms with Crippen molar-refractivity contribution in [2.45, 2.75) is 26.2 Å². The second-order valence-electron chi connectivity index (χ2n) is 7.41. The van der Waals surface area contributed by atoms with Crippen LogP contribution in [0.1, 0.15) is 24.5 Å². The van der Waals surface area contributed by atoms with E-state index in [0.29, 0.717) is 30.8 Å². The third-order valence-corrected chi connectivity index (χ3v) is 5.38. The number of carbonyl (C=O) groups is 1. The molecule has 0 aromatic heterocycles. The van der Waals surface area contributed by atoms with Gasteiger partial charge >= 0.3 is 5.97 Å². The zero-order valence-electron chi connectivity index (χ0n) is 17.7. The second-order valence-corrected chi connectivity index (χ2v) is 7.41. The number of rotatable bonds is 11. The van der Waals surface area contributed by atoms with Crippen LogP contribution in [-0.4, -0.2) is 37.9 Å². The van der Waals surface area contributed by atoms with Gasteiger partial charge in [-0.15, -0.1) is 0 Å². The maximum absolute atomic E-state index is 12.8. The van der Waals surface area contributed by atoms with Gasteiger partial charge in [-0.05, 0) is 61.6 Å². The van der Waals surface area contributed by atoms with Crippen LogP contribution in [0.4, 0.5) is 0 Å². The fourth-order valence-electron chi connectivity index (χ4n) is 3.81. The quantitative estimate of drug-likeness (QED) is 0.305. The Morgan fingerprint density at radius 3 is 2.52 bits per heavy atom. The van der Waals surface area contributed by atoms with E-state index in [1.165, 1.54) is 0 Å². The first kappa shape index (κ1) is 22.4. The minimum absolute atomic E-state index is 0.157. The highest BCUT2D eigenvalue weighted by Crippen LogP contribution is 2.34. The van der Waals surface area contributed by atoms with Gasteiger partial charge in [0.25, 0.3) is 0 Å². The summed E-state index contributed by atoms with van der Waals surface area (Å²) in [6.45, 7) is 1.80. The first-order valence-electron chi connectivity index (χ1n) is 10.3. The Kier molecular flexibility index (Phi) is 7.70. The van der Waals surface area contributed by atoms with Crippen molar-refractivity contribution in [1.29, 1.82) is 0 Å². The van der Waals surface area contributed by atoms with Crippen molar-refractivity contribution in [3.63, 3.8) is 0 Å². The van der Waals surface area contributed by atoms with E-state index in [1.54, 1.807) is 20.1 Å². The highest BCUT2D eigenvalue weighted by atomic mass is 16.7. The van der Waals surface area contributed by atoms with Gasteiger partial charge in [-0.25, -0.2) is 0 Å². The van der Waals surface area contributed by atoms with Gasteiger partial charge in [0.05, 0.1) is 19.6 Å². The lowest BCUT2D eigenvalue weighted by molar-refractivity contribution is -0.489. The molecule has 2 unspecified atom stereocenters. The van der Waals surface area contributed by atoms with Crippen LogP contribution < -0.4 is 14.2 Å². The third kappa shape index (κ3) is 6.10. The van der Waals surface area contributed by atoms with Crippen LogP contribution in [0.25, 0.3) is 0 Å². The molecule has 0 aliphatic carbocycles. The van der Waals surface area contributed by atoms with Crippen molar-refractivity contribution in [3.8, 4) is 17.2 Å². The van der Waals surface area contributed by atoms with Crippen LogP contribution in [0.15, 0.2) is 42.5 Å². The van der Waals surface area contributed by atoms with Crippen LogP contribution in [0.2, 0.25) is 0 Å². The Morgan fingerprint density at radius 1 is 1.13 bits per heavy atom. The molecular weight excluding hydrogens is 402 g/mol. The highest BCUT2D eigenvalue weighted by molar-refractivity contribution is 5.73. The van der Waals surface area contributed by atoms with Gasteiger partial charge in [0.15, 0.2) is 11.5 Å². The predicted molar refractivity (Wildman–Crippen MR) is 113 cm³/mol. The van der Waals surface area contributed by atoms with Crippen molar-refractivity contribution < 1.29 is 28.7 Å². The van der Waals surface area contributed by atoms with Gasteiger partial charge in [0, 0.05) is 10.8 Å². The normalized spacial score (nSPS) is 14.0. The number of aryl methyl sites for hydroxylation is 1. The van der Waals surface area contributed by atoms with Gasteiger partial charge in [-0.3, -0.25) is 14.9 Å². The number of esters is 1. The number of nitro groups is 1. The molecule has 31 heavy (non-hydrogen) atoms. The molecule has 2 aromatic carbocycles. The van der Waals surface area contributed by atoms with Crippen molar-refractivity contribution >= 4 is 5.97 Å². The fraction of sp³-hybridized carbons (Fsp3) is 0.435. The average Bonchev–Trinajstić information content (AvgIpc) is 3.22. The predicted octanol–water partition coefficient (Wildman–Crippen LogP) is 3.67. The monoisotopic (exact) mass is 429 g/mol. The Labute approximate surface area is 181 Å². The molecule has 0 saturated carbocycles. The Morgan fingerprint density at radius 2 is 1.84 bits per heavy atom. The molecule has 1 aliphatic heterocycles. The van der Waals surface area contributed by atoms with E-state index in [4.69, 9.17) is 18.9 Å². The average molecular weight is 429 g/mol. The summed E-state index contributed by atoms with van der Waals surface area (Å²) < 4.78 is 21.2. The summed E-state index contributed by atoms with van der Waals surface area (Å²) in [5, 5.41) is 11.4. The van der Waals surface area contributed by atoms with Gasteiger partial charge in [-0.2, -0.15) is 0 Å². The van der Waals surface area contributed by atoms with Gasteiger partial charge in [0.2, 0.25) is 13.3 Å². The number of ether oxygens (including phenoxy) is 4. The van der Waals surface area contributed by atoms with E-state index < -0.39 is 17.8 Å². The van der Waals surface area contributed by atoms with Crippen molar-refractivity contribution in [2.24, 2.45) is 11.8 Å². The maximum Gasteiger partial charge on any atom is 0.309 e. The van der Waals surface area contributed by atoms with E-state index in [1.807, 2.05) is 36.4 Å². The van der Waals surface area contributed by atoms with E-state index in [-0.39, 0.29) is 24.9 Å². The summed E-state index contributed by atoms with van der Waals surface area (Å²) in [7, 11) is 1.60. The molecule has 1 aliphatic rings. The molecule has 2 atom stereocenters. The van der Waals surface area contributed by atoms with Crippen LogP contribution in [0.5, 0.6) is 17.2 Å². The van der Waals surface area contributed by atoms with Gasteiger partial charge in [-0.1, -0.05) is 18.2 Å². The molecule has 166 valence electrons. The molecule has 1 heterocycles. The van der Waals surface area contributed by atoms with Crippen LogP contribution >= 0.6 is 0 Å². The SMILES string of the molecule is CCOC(=O)C(CCc1ccc(OC)cc1)C(Cc1ccc2c(c1)OCO2)C[N+](=O)[O-]. The minimum Gasteiger partial charge on any atom is -0.497 e. The highest BCUT2D eigenvalue weighted by Gasteiger charge is 2.33. The smallest absolute Gasteiger partial charge is 0.309 e. The fourth-order valence-corrected chi connectivity index (χ4v) is 3.81. The largest absolute Gasteiger partial charge is 0.497 e. The Balaban J connectivity index is 1.78. The summed E-state index contributed by atoms with van der Waals surface area (Å²) in [4.78, 5) is 23.8. The zero-order valence-corrected chi connectivity index (χ0v) is 17.7. The molecule has 0 radical (unpaired) electrons. The number of nitrogens with zero attached hydrogens (tertiary/aromatic N) is 1. The molecule has 0 amide bonds. The summed E-state index contributed by atoms with van der Waals surface area (Å²) in [6, 6.07) is 13.0. The first-order valence-corrected chi connectivity index (χ1v) is 10.3. The van der Waals surface area contributed by atoms with Crippen molar-refractivity contribution in [3.05, 3.63) is 63.7 Å². The van der Waals surface area contributed by atoms with E-state index >= 15 is 0 Å². The minimum atomic E-state index is -0.599. The molecule has 3 rings (SSSR count). The van der Waals surface area contributed by atoms with Gasteiger partial charge in [0.1, 0.15) is 5.75 Å². The summed E-state index contributed by atoms with van der Waals surface area (Å²) >= 11 is 0. The first-order chi connectivity index (χ1) is 15.0. The lowest BCUT2D eigenvalue weighted by atomic mass is 9.83. The topological polar surface area (TPSA) is 97.1 Å². The Hall–Kier alpha value is -3.29. The molecule has 8 nitrogen and oxygen atoms in total. The second kappa shape index (κ2) is 10.7. The number of hydrogen-bond donors (Lipinski definition) is 0. The van der Waals surface area contributed by atoms with E-state index in [0.717, 1.165) is 16.9 Å². The molecule has 0 fully saturated rings. The number of methoxy groups -OCH3 is 1. The summed E-state index contributed by atoms with van der Waals surface area (Å²) in [6.07, 6.45) is 1.42. The number of carbonyl (C=O) groups excluding carboxylic acids is 1. The molecular formula is C23H27NO7. The number of hydrogen-bond acceptors (Lipinski definition) is 7. The molecule has 8 heteroatoms. The third-order valence-electron chi connectivity index (χ3n) is 5.38. The van der Waals surface area contributed by atoms with Crippen molar-refractivity contribution in [1.82, 2.24) is 0 Å². The van der Waals surface area contributed by atoms with Crippen LogP contribution in [0, 0.1) is 22.0 Å². The molecule has 0 N–H and O–H groups in total. The van der Waals surface area contributed by atoms with E-state index in [2.05, 4.69) is 0 Å². The Bertz CT molecular complexity index is 897. The zero-order chi connectivity index (χ0) is 22.2. The van der Waals surface area contributed by atoms with Crippen molar-refractivity contribution in [2.75, 3.05) is 27.1 Å². The summed E-state index contributed by atoms with van der Waals surface area (Å²) in [5.74, 6) is 0.508. The molecule has 0 spiro atoms. The molecule has 0 saturated heterocycles. The van der Waals surface area contributed by atoms with E-state index in [9.17, 15) is 14.9 Å². The van der Waals surface area contributed by atoms with Crippen LogP contribution in [0.3, 0.4) is 0 Å². The lowest BCUT2D eigenvalue weighted by Crippen LogP contribution is -2.32. The molecule has 2 aromatic rings. The lowest BCUT2D eigenvalue weighted by Gasteiger charge is -2.23. The summed E-state index contributed by atoms with van der Waals surface area (Å²) in [5.41, 5.74) is 1.88. The maximum atomic E-state index is 12.8. The standard InChI is InChI=1S/C23H27NO7/c1-3-29-23(25)20(10-6-16-4-8-19(28-2)9-5-16)18(14-24(26)27)12-17-7-11-21-22(13-17)31-15-30-21/h4-5,7-9,11,13,18,20H,3,6,10,12,14-15H2,1-2H3. The number of benzene rings is 2. The molecule has 0 bridgehead atoms.